The molecule has 1 aromatic rings. The highest BCUT2D eigenvalue weighted by atomic mass is 16.5. The van der Waals surface area contributed by atoms with E-state index in [-0.39, 0.29) is 0 Å². The van der Waals surface area contributed by atoms with Crippen LogP contribution in [0.4, 0.5) is 0 Å². The van der Waals surface area contributed by atoms with E-state index in [0.717, 1.165) is 5.56 Å². The Morgan fingerprint density at radius 1 is 1.38 bits per heavy atom. The van der Waals surface area contributed by atoms with Gasteiger partial charge in [-0.05, 0) is 13.0 Å². The van der Waals surface area contributed by atoms with Crippen molar-refractivity contribution in [3.8, 4) is 6.01 Å². The Morgan fingerprint density at radius 2 is 2.08 bits per heavy atom. The molecular weight excluding hydrogens is 168 g/mol. The lowest BCUT2D eigenvalue weighted by atomic mass is 10.3. The van der Waals surface area contributed by atoms with Crippen LogP contribution in [0, 0.1) is 0 Å². The fourth-order valence-electron chi connectivity index (χ4n) is 0.741. The normalized spacial score (nSPS) is 10.3. The fraction of sp³-hybridized carbons (Fsp3) is 0.333. The summed E-state index contributed by atoms with van der Waals surface area (Å²) in [7, 11) is 1.53. The monoisotopic (exact) mass is 180 g/mol. The first-order chi connectivity index (χ1) is 6.36. The molecule has 0 aliphatic rings. The van der Waals surface area contributed by atoms with E-state index in [1.807, 2.05) is 6.92 Å². The highest BCUT2D eigenvalue weighted by Gasteiger charge is 1.92. The number of methoxy groups -OCH3 is 1. The number of ether oxygens (including phenoxy) is 2. The minimum atomic E-state index is 0.369. The number of hydrogen-bond donors (Lipinski definition) is 0. The van der Waals surface area contributed by atoms with Crippen molar-refractivity contribution >= 4 is 6.08 Å². The second kappa shape index (κ2) is 5.13. The first kappa shape index (κ1) is 9.51. The Bertz CT molecular complexity index is 269. The smallest absolute Gasteiger partial charge is 0.316 e. The maximum Gasteiger partial charge on any atom is 0.316 e. The molecule has 1 rings (SSSR count). The number of nitrogens with zero attached hydrogens (tertiary/aromatic N) is 2. The van der Waals surface area contributed by atoms with Gasteiger partial charge in [-0.15, -0.1) is 0 Å². The van der Waals surface area contributed by atoms with Crippen LogP contribution in [0.1, 0.15) is 12.5 Å². The largest absolute Gasteiger partial charge is 0.501 e. The summed E-state index contributed by atoms with van der Waals surface area (Å²) in [6.07, 6.45) is 6.75. The van der Waals surface area contributed by atoms with Gasteiger partial charge in [0.25, 0.3) is 0 Å². The molecule has 0 saturated carbocycles. The van der Waals surface area contributed by atoms with Crippen LogP contribution >= 0.6 is 0 Å². The Kier molecular flexibility index (Phi) is 3.75. The zero-order chi connectivity index (χ0) is 9.52. The Balaban J connectivity index is 2.58. The highest BCUT2D eigenvalue weighted by Crippen LogP contribution is 2.03. The van der Waals surface area contributed by atoms with Gasteiger partial charge in [0.05, 0.1) is 20.0 Å². The molecule has 1 aromatic heterocycles. The summed E-state index contributed by atoms with van der Waals surface area (Å²) in [5.74, 6) is 0. The van der Waals surface area contributed by atoms with Crippen molar-refractivity contribution in [1.82, 2.24) is 9.97 Å². The van der Waals surface area contributed by atoms with E-state index in [9.17, 15) is 0 Å². The third kappa shape index (κ3) is 3.11. The van der Waals surface area contributed by atoms with E-state index in [1.54, 1.807) is 24.7 Å². The van der Waals surface area contributed by atoms with Gasteiger partial charge in [0.2, 0.25) is 0 Å². The zero-order valence-electron chi connectivity index (χ0n) is 7.73. The molecule has 1 heterocycles. The molecule has 0 spiro atoms. The van der Waals surface area contributed by atoms with Crippen molar-refractivity contribution in [3.63, 3.8) is 0 Å². The standard InChI is InChI=1S/C9H12N2O2/c1-3-13-5-4-8-6-10-9(12-2)11-7-8/h4-7H,3H2,1-2H3. The SMILES string of the molecule is CCOC=Cc1cnc(OC)nc1. The molecule has 0 N–H and O–H groups in total. The van der Waals surface area contributed by atoms with Crippen LogP contribution in [0.3, 0.4) is 0 Å². The number of hydrogen-bond acceptors (Lipinski definition) is 4. The van der Waals surface area contributed by atoms with E-state index < -0.39 is 0 Å². The van der Waals surface area contributed by atoms with Crippen molar-refractivity contribution < 1.29 is 9.47 Å². The molecule has 70 valence electrons. The van der Waals surface area contributed by atoms with E-state index in [1.165, 1.54) is 7.11 Å². The van der Waals surface area contributed by atoms with Crippen molar-refractivity contribution in [2.24, 2.45) is 0 Å². The van der Waals surface area contributed by atoms with E-state index in [2.05, 4.69) is 9.97 Å². The molecule has 13 heavy (non-hydrogen) atoms. The first-order valence-corrected chi connectivity index (χ1v) is 4.01. The summed E-state index contributed by atoms with van der Waals surface area (Å²) in [5.41, 5.74) is 0.884. The third-order valence-electron chi connectivity index (χ3n) is 1.35. The predicted molar refractivity (Wildman–Crippen MR) is 49.2 cm³/mol. The van der Waals surface area contributed by atoms with Gasteiger partial charge in [0, 0.05) is 18.0 Å². The summed E-state index contributed by atoms with van der Waals surface area (Å²) in [6.45, 7) is 2.59. The van der Waals surface area contributed by atoms with E-state index >= 15 is 0 Å². The Labute approximate surface area is 77.2 Å². The first-order valence-electron chi connectivity index (χ1n) is 4.01. The van der Waals surface area contributed by atoms with Crippen LogP contribution in [0.2, 0.25) is 0 Å². The van der Waals surface area contributed by atoms with Crippen molar-refractivity contribution in [1.29, 1.82) is 0 Å². The molecule has 0 bridgehead atoms. The minimum absolute atomic E-state index is 0.369. The van der Waals surface area contributed by atoms with Crippen molar-refractivity contribution in [2.45, 2.75) is 6.92 Å². The summed E-state index contributed by atoms with van der Waals surface area (Å²) in [5, 5.41) is 0. The highest BCUT2D eigenvalue weighted by molar-refractivity contribution is 5.45. The summed E-state index contributed by atoms with van der Waals surface area (Å²) >= 11 is 0. The van der Waals surface area contributed by atoms with E-state index in [0.29, 0.717) is 12.6 Å². The van der Waals surface area contributed by atoms with Gasteiger partial charge in [-0.25, -0.2) is 9.97 Å². The molecule has 0 atom stereocenters. The molecule has 0 radical (unpaired) electrons. The molecule has 0 aliphatic carbocycles. The molecule has 4 nitrogen and oxygen atoms in total. The summed E-state index contributed by atoms with van der Waals surface area (Å²) in [6, 6.07) is 0.369. The predicted octanol–water partition coefficient (Wildman–Crippen LogP) is 1.49. The van der Waals surface area contributed by atoms with Gasteiger partial charge in [-0.3, -0.25) is 0 Å². The van der Waals surface area contributed by atoms with Crippen LogP contribution in [0.25, 0.3) is 6.08 Å². The Morgan fingerprint density at radius 3 is 2.62 bits per heavy atom. The van der Waals surface area contributed by atoms with Gasteiger partial charge >= 0.3 is 6.01 Å². The van der Waals surface area contributed by atoms with E-state index in [4.69, 9.17) is 9.47 Å². The van der Waals surface area contributed by atoms with Gasteiger partial charge in [0.1, 0.15) is 0 Å². The average molecular weight is 180 g/mol. The quantitative estimate of drug-likeness (QED) is 0.658. The number of rotatable bonds is 4. The lowest BCUT2D eigenvalue weighted by Gasteiger charge is -1.96. The summed E-state index contributed by atoms with van der Waals surface area (Å²) in [4.78, 5) is 7.87. The minimum Gasteiger partial charge on any atom is -0.501 e. The molecule has 4 heteroatoms. The molecule has 0 saturated heterocycles. The molecular formula is C9H12N2O2. The van der Waals surface area contributed by atoms with Crippen LogP contribution in [0.15, 0.2) is 18.7 Å². The van der Waals surface area contributed by atoms with Crippen molar-refractivity contribution in [2.75, 3.05) is 13.7 Å². The average Bonchev–Trinajstić information content (AvgIpc) is 2.19. The van der Waals surface area contributed by atoms with Gasteiger partial charge in [-0.1, -0.05) is 0 Å². The molecule has 0 amide bonds. The van der Waals surface area contributed by atoms with Crippen LogP contribution in [0.5, 0.6) is 6.01 Å². The number of aromatic nitrogens is 2. The lowest BCUT2D eigenvalue weighted by Crippen LogP contribution is -1.90. The van der Waals surface area contributed by atoms with Gasteiger partial charge in [-0.2, -0.15) is 0 Å². The fourth-order valence-corrected chi connectivity index (χ4v) is 0.741. The van der Waals surface area contributed by atoms with Crippen molar-refractivity contribution in [3.05, 3.63) is 24.2 Å². The van der Waals surface area contributed by atoms with Crippen LogP contribution in [-0.4, -0.2) is 23.7 Å². The topological polar surface area (TPSA) is 44.2 Å². The molecule has 0 unspecified atom stereocenters. The maximum atomic E-state index is 5.03. The van der Waals surface area contributed by atoms with Crippen LogP contribution in [-0.2, 0) is 4.74 Å². The molecule has 0 aromatic carbocycles. The second-order valence-corrected chi connectivity index (χ2v) is 2.26. The zero-order valence-corrected chi connectivity index (χ0v) is 7.73. The second-order valence-electron chi connectivity index (χ2n) is 2.26. The molecule has 0 fully saturated rings. The van der Waals surface area contributed by atoms with Gasteiger partial charge in [0.15, 0.2) is 0 Å². The summed E-state index contributed by atoms with van der Waals surface area (Å²) < 4.78 is 9.84. The Hall–Kier alpha value is -1.58. The molecule has 0 aliphatic heterocycles. The maximum absolute atomic E-state index is 5.03. The third-order valence-corrected chi connectivity index (χ3v) is 1.35. The lowest BCUT2D eigenvalue weighted by molar-refractivity contribution is 0.272. The van der Waals surface area contributed by atoms with Crippen LogP contribution < -0.4 is 4.74 Å². The van der Waals surface area contributed by atoms with Gasteiger partial charge < -0.3 is 9.47 Å².